The van der Waals surface area contributed by atoms with Gasteiger partial charge in [0.1, 0.15) is 0 Å². The molecule has 3 rings (SSSR count). The first kappa shape index (κ1) is 19.5. The zero-order chi connectivity index (χ0) is 19.2. The van der Waals surface area contributed by atoms with Crippen molar-refractivity contribution < 1.29 is 14.3 Å². The molecule has 1 unspecified atom stereocenters. The number of esters is 1. The first-order chi connectivity index (χ1) is 13.0. The van der Waals surface area contributed by atoms with Crippen molar-refractivity contribution in [1.82, 2.24) is 5.32 Å². The van der Waals surface area contributed by atoms with E-state index in [2.05, 4.69) is 11.4 Å². The van der Waals surface area contributed by atoms with Crippen LogP contribution >= 0.6 is 23.2 Å². The number of carbonyl (C=O) groups excluding carboxylic acids is 2. The Morgan fingerprint density at radius 2 is 1.96 bits per heavy atom. The first-order valence-corrected chi connectivity index (χ1v) is 9.46. The van der Waals surface area contributed by atoms with E-state index >= 15 is 0 Å². The van der Waals surface area contributed by atoms with Crippen LogP contribution in [0, 0.1) is 0 Å². The predicted molar refractivity (Wildman–Crippen MR) is 107 cm³/mol. The van der Waals surface area contributed by atoms with Crippen LogP contribution in [0.1, 0.15) is 35.6 Å². The highest BCUT2D eigenvalue weighted by Gasteiger charge is 2.21. The van der Waals surface area contributed by atoms with Gasteiger partial charge in [0.15, 0.2) is 6.61 Å². The van der Waals surface area contributed by atoms with E-state index in [0.29, 0.717) is 15.6 Å². The molecule has 140 valence electrons. The molecule has 0 spiro atoms. The Morgan fingerprint density at radius 1 is 1.15 bits per heavy atom. The van der Waals surface area contributed by atoms with Gasteiger partial charge in [0.05, 0.1) is 16.1 Å². The minimum absolute atomic E-state index is 0.0399. The topological polar surface area (TPSA) is 55.4 Å². The number of nitrogens with one attached hydrogen (secondary N) is 1. The summed E-state index contributed by atoms with van der Waals surface area (Å²) in [5, 5.41) is 3.70. The first-order valence-electron chi connectivity index (χ1n) is 8.70. The summed E-state index contributed by atoms with van der Waals surface area (Å²) in [5.74, 6) is -0.940. The molecule has 0 fully saturated rings. The van der Waals surface area contributed by atoms with Crippen molar-refractivity contribution in [1.29, 1.82) is 0 Å². The number of hydrogen-bond donors (Lipinski definition) is 1. The Bertz CT molecular complexity index is 879. The van der Waals surface area contributed by atoms with Gasteiger partial charge in [0, 0.05) is 6.08 Å². The standard InChI is InChI=1S/C21H19Cl2NO3/c22-17-9-3-7-15(21(17)23)11-12-20(26)27-13-19(25)24-18-10-4-6-14-5-1-2-8-16(14)18/h1-3,5,7-9,11-12,18H,4,6,10,13H2,(H,24,25). The molecule has 0 saturated heterocycles. The lowest BCUT2D eigenvalue weighted by Crippen LogP contribution is -2.34. The van der Waals surface area contributed by atoms with Crippen LogP contribution in [0.2, 0.25) is 10.0 Å². The van der Waals surface area contributed by atoms with Crippen molar-refractivity contribution in [2.45, 2.75) is 25.3 Å². The summed E-state index contributed by atoms with van der Waals surface area (Å²) in [6.45, 7) is -0.328. The second kappa shape index (κ2) is 9.07. The summed E-state index contributed by atoms with van der Waals surface area (Å²) in [5.41, 5.74) is 3.00. The highest BCUT2D eigenvalue weighted by molar-refractivity contribution is 6.42. The van der Waals surface area contributed by atoms with Gasteiger partial charge in [-0.15, -0.1) is 0 Å². The second-order valence-corrected chi connectivity index (χ2v) is 7.08. The Balaban J connectivity index is 1.52. The minimum Gasteiger partial charge on any atom is -0.452 e. The number of ether oxygens (including phenoxy) is 1. The van der Waals surface area contributed by atoms with Crippen LogP contribution < -0.4 is 5.32 Å². The van der Waals surface area contributed by atoms with Crippen LogP contribution in [0.3, 0.4) is 0 Å². The van der Waals surface area contributed by atoms with Crippen molar-refractivity contribution in [3.63, 3.8) is 0 Å². The highest BCUT2D eigenvalue weighted by Crippen LogP contribution is 2.29. The van der Waals surface area contributed by atoms with Gasteiger partial charge in [0.2, 0.25) is 0 Å². The SMILES string of the molecule is O=C(COC(=O)C=Cc1cccc(Cl)c1Cl)NC1CCCc2ccccc21. The average molecular weight is 404 g/mol. The van der Waals surface area contributed by atoms with Gasteiger partial charge in [0.25, 0.3) is 5.91 Å². The Hall–Kier alpha value is -2.30. The molecular weight excluding hydrogens is 385 g/mol. The number of halogens is 2. The monoisotopic (exact) mass is 403 g/mol. The van der Waals surface area contributed by atoms with Crippen LogP contribution in [0.25, 0.3) is 6.08 Å². The highest BCUT2D eigenvalue weighted by atomic mass is 35.5. The molecular formula is C21H19Cl2NO3. The molecule has 0 radical (unpaired) electrons. The summed E-state index contributed by atoms with van der Waals surface area (Å²) in [6, 6.07) is 13.2. The molecule has 27 heavy (non-hydrogen) atoms. The molecule has 1 aliphatic rings. The van der Waals surface area contributed by atoms with Crippen LogP contribution in [-0.4, -0.2) is 18.5 Å². The smallest absolute Gasteiger partial charge is 0.331 e. The van der Waals surface area contributed by atoms with E-state index in [4.69, 9.17) is 27.9 Å². The van der Waals surface area contributed by atoms with Gasteiger partial charge in [-0.3, -0.25) is 4.79 Å². The lowest BCUT2D eigenvalue weighted by atomic mass is 9.88. The maximum atomic E-state index is 12.1. The van der Waals surface area contributed by atoms with E-state index in [0.717, 1.165) is 24.8 Å². The lowest BCUT2D eigenvalue weighted by molar-refractivity contribution is -0.144. The largest absolute Gasteiger partial charge is 0.452 e. The van der Waals surface area contributed by atoms with Crippen molar-refractivity contribution in [3.05, 3.63) is 75.3 Å². The van der Waals surface area contributed by atoms with Gasteiger partial charge in [-0.05, 0) is 48.1 Å². The quantitative estimate of drug-likeness (QED) is 0.578. The van der Waals surface area contributed by atoms with E-state index in [1.807, 2.05) is 18.2 Å². The maximum Gasteiger partial charge on any atom is 0.331 e. The van der Waals surface area contributed by atoms with E-state index in [-0.39, 0.29) is 18.6 Å². The number of hydrogen-bond acceptors (Lipinski definition) is 3. The minimum atomic E-state index is -0.620. The molecule has 6 heteroatoms. The Kier molecular flexibility index (Phi) is 6.54. The molecule has 0 heterocycles. The van der Waals surface area contributed by atoms with Crippen molar-refractivity contribution in [2.75, 3.05) is 6.61 Å². The third-order valence-electron chi connectivity index (χ3n) is 4.43. The Morgan fingerprint density at radius 3 is 2.81 bits per heavy atom. The predicted octanol–water partition coefficient (Wildman–Crippen LogP) is 4.74. The van der Waals surface area contributed by atoms with Gasteiger partial charge >= 0.3 is 5.97 Å². The van der Waals surface area contributed by atoms with Crippen molar-refractivity contribution in [3.8, 4) is 0 Å². The van der Waals surface area contributed by atoms with Gasteiger partial charge < -0.3 is 10.1 Å². The van der Waals surface area contributed by atoms with Crippen LogP contribution in [0.5, 0.6) is 0 Å². The molecule has 2 aromatic rings. The molecule has 0 aromatic heterocycles. The summed E-state index contributed by atoms with van der Waals surface area (Å²) >= 11 is 12.0. The van der Waals surface area contributed by atoms with Crippen LogP contribution in [0.4, 0.5) is 0 Å². The fourth-order valence-corrected chi connectivity index (χ4v) is 3.50. The third kappa shape index (κ3) is 5.12. The fourth-order valence-electron chi connectivity index (χ4n) is 3.13. The zero-order valence-corrected chi connectivity index (χ0v) is 16.1. The second-order valence-electron chi connectivity index (χ2n) is 6.30. The molecule has 1 N–H and O–H groups in total. The lowest BCUT2D eigenvalue weighted by Gasteiger charge is -2.26. The number of aryl methyl sites for hydroxylation is 1. The molecule has 1 atom stereocenters. The van der Waals surface area contributed by atoms with Crippen LogP contribution in [-0.2, 0) is 20.7 Å². The maximum absolute atomic E-state index is 12.1. The van der Waals surface area contributed by atoms with Gasteiger partial charge in [-0.1, -0.05) is 59.6 Å². The van der Waals surface area contributed by atoms with Crippen molar-refractivity contribution in [2.24, 2.45) is 0 Å². The number of rotatable bonds is 5. The molecule has 0 bridgehead atoms. The van der Waals surface area contributed by atoms with Gasteiger partial charge in [-0.2, -0.15) is 0 Å². The molecule has 1 amide bonds. The number of amides is 1. The van der Waals surface area contributed by atoms with Gasteiger partial charge in [-0.25, -0.2) is 4.79 Å². The summed E-state index contributed by atoms with van der Waals surface area (Å²) in [6.07, 6.45) is 5.65. The zero-order valence-electron chi connectivity index (χ0n) is 14.6. The molecule has 0 aliphatic heterocycles. The molecule has 0 saturated carbocycles. The van der Waals surface area contributed by atoms with Crippen LogP contribution in [0.15, 0.2) is 48.5 Å². The number of benzene rings is 2. The van der Waals surface area contributed by atoms with E-state index in [9.17, 15) is 9.59 Å². The normalized spacial score (nSPS) is 16.0. The van der Waals surface area contributed by atoms with E-state index in [1.54, 1.807) is 18.2 Å². The number of carbonyl (C=O) groups is 2. The third-order valence-corrected chi connectivity index (χ3v) is 5.26. The van der Waals surface area contributed by atoms with E-state index in [1.165, 1.54) is 17.7 Å². The molecule has 1 aliphatic carbocycles. The summed E-state index contributed by atoms with van der Waals surface area (Å²) < 4.78 is 5.01. The summed E-state index contributed by atoms with van der Waals surface area (Å²) in [4.78, 5) is 24.0. The van der Waals surface area contributed by atoms with Crippen molar-refractivity contribution >= 4 is 41.2 Å². The molecule has 4 nitrogen and oxygen atoms in total. The molecule has 2 aromatic carbocycles. The fraction of sp³-hybridized carbons (Fsp3) is 0.238. The van der Waals surface area contributed by atoms with E-state index < -0.39 is 5.97 Å². The summed E-state index contributed by atoms with van der Waals surface area (Å²) in [7, 11) is 0. The number of fused-ring (bicyclic) bond motifs is 1. The Labute approximate surface area is 168 Å². The average Bonchev–Trinajstić information content (AvgIpc) is 2.68.